The molecule has 1 N–H and O–H groups in total. The van der Waals surface area contributed by atoms with Crippen LogP contribution >= 0.6 is 34.2 Å². The molecule has 100 valence electrons. The summed E-state index contributed by atoms with van der Waals surface area (Å²) in [5.41, 5.74) is 1.75. The molecule has 0 aliphatic heterocycles. The van der Waals surface area contributed by atoms with Crippen LogP contribution in [0.5, 0.6) is 5.75 Å². The number of hydrogen-bond donors (Lipinski definition) is 1. The van der Waals surface area contributed by atoms with Crippen molar-refractivity contribution in [2.45, 2.75) is 6.54 Å². The summed E-state index contributed by atoms with van der Waals surface area (Å²) in [6, 6.07) is 10.1. The van der Waals surface area contributed by atoms with E-state index in [1.54, 1.807) is 13.2 Å². The Morgan fingerprint density at radius 3 is 2.79 bits per heavy atom. The van der Waals surface area contributed by atoms with Crippen LogP contribution in [0.3, 0.4) is 0 Å². The van der Waals surface area contributed by atoms with Crippen molar-refractivity contribution in [3.05, 3.63) is 56.4 Å². The summed E-state index contributed by atoms with van der Waals surface area (Å²) in [5, 5.41) is 3.88. The maximum Gasteiger partial charge on any atom is 0.125 e. The van der Waals surface area contributed by atoms with Gasteiger partial charge in [-0.3, -0.25) is 0 Å². The molecule has 0 unspecified atom stereocenters. The number of rotatable bonds is 4. The maximum atomic E-state index is 13.0. The second kappa shape index (κ2) is 6.43. The Morgan fingerprint density at radius 1 is 1.32 bits per heavy atom. The van der Waals surface area contributed by atoms with Crippen LogP contribution in [0.1, 0.15) is 5.56 Å². The summed E-state index contributed by atoms with van der Waals surface area (Å²) in [6.45, 7) is 0.518. The van der Waals surface area contributed by atoms with E-state index in [4.69, 9.17) is 16.3 Å². The molecule has 0 saturated heterocycles. The van der Waals surface area contributed by atoms with Crippen LogP contribution < -0.4 is 10.1 Å². The molecule has 0 amide bonds. The predicted octanol–water partition coefficient (Wildman–Crippen LogP) is 4.70. The summed E-state index contributed by atoms with van der Waals surface area (Å²) in [7, 11) is 1.61. The van der Waals surface area contributed by atoms with Gasteiger partial charge in [0.15, 0.2) is 0 Å². The van der Waals surface area contributed by atoms with Gasteiger partial charge in [0.2, 0.25) is 0 Å². The van der Waals surface area contributed by atoms with Gasteiger partial charge in [0.05, 0.1) is 7.11 Å². The molecule has 0 aliphatic rings. The standard InChI is InChI=1S/C14H12ClFINO/c1-19-14-4-2-3-11(15)10(14)8-18-13-6-5-9(16)7-12(13)17/h2-7,18H,8H2,1H3. The minimum absolute atomic E-state index is 0.245. The SMILES string of the molecule is COc1cccc(Cl)c1CNc1ccc(F)cc1I. The van der Waals surface area contributed by atoms with Crippen LogP contribution in [-0.2, 0) is 6.54 Å². The van der Waals surface area contributed by atoms with Gasteiger partial charge in [0.25, 0.3) is 0 Å². The first-order chi connectivity index (χ1) is 9.11. The second-order valence-electron chi connectivity index (χ2n) is 3.90. The van der Waals surface area contributed by atoms with Crippen molar-refractivity contribution in [3.8, 4) is 5.75 Å². The first-order valence-electron chi connectivity index (χ1n) is 5.62. The van der Waals surface area contributed by atoms with E-state index in [0.29, 0.717) is 11.6 Å². The number of nitrogens with one attached hydrogen (secondary N) is 1. The molecular weight excluding hydrogens is 380 g/mol. The Labute approximate surface area is 130 Å². The number of ether oxygens (including phenoxy) is 1. The van der Waals surface area contributed by atoms with Crippen molar-refractivity contribution < 1.29 is 9.13 Å². The van der Waals surface area contributed by atoms with Gasteiger partial charge in [0.1, 0.15) is 11.6 Å². The zero-order valence-corrected chi connectivity index (χ0v) is 13.1. The third kappa shape index (κ3) is 3.51. The lowest BCUT2D eigenvalue weighted by Crippen LogP contribution is -2.04. The third-order valence-corrected chi connectivity index (χ3v) is 3.93. The Kier molecular flexibility index (Phi) is 4.87. The normalized spacial score (nSPS) is 10.3. The Hall–Kier alpha value is -1.01. The van der Waals surface area contributed by atoms with Gasteiger partial charge >= 0.3 is 0 Å². The van der Waals surface area contributed by atoms with Crippen molar-refractivity contribution in [1.29, 1.82) is 0 Å². The average Bonchev–Trinajstić information content (AvgIpc) is 2.39. The molecule has 0 atom stereocenters. The summed E-state index contributed by atoms with van der Waals surface area (Å²) < 4.78 is 19.1. The van der Waals surface area contributed by atoms with Gasteiger partial charge in [-0.25, -0.2) is 4.39 Å². The van der Waals surface area contributed by atoms with Gasteiger partial charge < -0.3 is 10.1 Å². The quantitative estimate of drug-likeness (QED) is 0.763. The molecular formula is C14H12ClFINO. The van der Waals surface area contributed by atoms with E-state index in [9.17, 15) is 4.39 Å². The van der Waals surface area contributed by atoms with E-state index in [1.807, 2.05) is 18.2 Å². The highest BCUT2D eigenvalue weighted by Crippen LogP contribution is 2.28. The molecule has 0 spiro atoms. The van der Waals surface area contributed by atoms with Gasteiger partial charge in [-0.1, -0.05) is 17.7 Å². The topological polar surface area (TPSA) is 21.3 Å². The van der Waals surface area contributed by atoms with Crippen LogP contribution in [0, 0.1) is 9.39 Å². The predicted molar refractivity (Wildman–Crippen MR) is 84.4 cm³/mol. The molecule has 2 aromatic carbocycles. The lowest BCUT2D eigenvalue weighted by atomic mass is 10.2. The van der Waals surface area contributed by atoms with Crippen molar-refractivity contribution >= 4 is 39.9 Å². The molecule has 2 nitrogen and oxygen atoms in total. The molecule has 19 heavy (non-hydrogen) atoms. The van der Waals surface area contributed by atoms with Gasteiger partial charge in [-0.05, 0) is 52.9 Å². The fraction of sp³-hybridized carbons (Fsp3) is 0.143. The van der Waals surface area contributed by atoms with Gasteiger partial charge in [0, 0.05) is 26.4 Å². The molecule has 5 heteroatoms. The monoisotopic (exact) mass is 391 g/mol. The van der Waals surface area contributed by atoms with E-state index >= 15 is 0 Å². The highest BCUT2D eigenvalue weighted by atomic mass is 127. The van der Waals surface area contributed by atoms with E-state index < -0.39 is 0 Å². The summed E-state index contributed by atoms with van der Waals surface area (Å²) >= 11 is 8.25. The van der Waals surface area contributed by atoms with Gasteiger partial charge in [-0.2, -0.15) is 0 Å². The van der Waals surface area contributed by atoms with Crippen LogP contribution in [0.4, 0.5) is 10.1 Å². The minimum Gasteiger partial charge on any atom is -0.496 e. The zero-order valence-electron chi connectivity index (χ0n) is 10.2. The molecule has 0 saturated carbocycles. The van der Waals surface area contributed by atoms with Crippen LogP contribution in [0.2, 0.25) is 5.02 Å². The maximum absolute atomic E-state index is 13.0. The van der Waals surface area contributed by atoms with Crippen molar-refractivity contribution in [2.75, 3.05) is 12.4 Å². The molecule has 2 rings (SSSR count). The van der Waals surface area contributed by atoms with Crippen molar-refractivity contribution in [3.63, 3.8) is 0 Å². The first-order valence-corrected chi connectivity index (χ1v) is 7.08. The molecule has 0 aromatic heterocycles. The second-order valence-corrected chi connectivity index (χ2v) is 5.47. The number of hydrogen-bond acceptors (Lipinski definition) is 2. The van der Waals surface area contributed by atoms with E-state index in [2.05, 4.69) is 27.9 Å². The number of anilines is 1. The van der Waals surface area contributed by atoms with Crippen molar-refractivity contribution in [2.24, 2.45) is 0 Å². The molecule has 2 aromatic rings. The molecule has 0 heterocycles. The zero-order chi connectivity index (χ0) is 13.8. The number of halogens is 3. The largest absolute Gasteiger partial charge is 0.496 e. The molecule has 0 aliphatic carbocycles. The Morgan fingerprint density at radius 2 is 2.11 bits per heavy atom. The fourth-order valence-corrected chi connectivity index (χ4v) is 2.62. The number of benzene rings is 2. The number of methoxy groups -OCH3 is 1. The first kappa shape index (κ1) is 14.4. The lowest BCUT2D eigenvalue weighted by molar-refractivity contribution is 0.410. The van der Waals surface area contributed by atoms with E-state index in [-0.39, 0.29) is 5.82 Å². The average molecular weight is 392 g/mol. The Bertz CT molecular complexity index is 592. The summed E-state index contributed by atoms with van der Waals surface area (Å²) in [5.74, 6) is 0.488. The summed E-state index contributed by atoms with van der Waals surface area (Å²) in [4.78, 5) is 0. The molecule has 0 fully saturated rings. The van der Waals surface area contributed by atoms with Crippen LogP contribution in [0.15, 0.2) is 36.4 Å². The summed E-state index contributed by atoms with van der Waals surface area (Å²) in [6.07, 6.45) is 0. The molecule has 0 bridgehead atoms. The minimum atomic E-state index is -0.245. The van der Waals surface area contributed by atoms with E-state index in [0.717, 1.165) is 20.6 Å². The fourth-order valence-electron chi connectivity index (χ4n) is 1.72. The van der Waals surface area contributed by atoms with Gasteiger partial charge in [-0.15, -0.1) is 0 Å². The highest BCUT2D eigenvalue weighted by molar-refractivity contribution is 14.1. The van der Waals surface area contributed by atoms with Crippen LogP contribution in [0.25, 0.3) is 0 Å². The smallest absolute Gasteiger partial charge is 0.125 e. The Balaban J connectivity index is 2.19. The third-order valence-electron chi connectivity index (χ3n) is 2.68. The highest BCUT2D eigenvalue weighted by Gasteiger charge is 2.08. The van der Waals surface area contributed by atoms with E-state index in [1.165, 1.54) is 12.1 Å². The lowest BCUT2D eigenvalue weighted by Gasteiger charge is -2.13. The van der Waals surface area contributed by atoms with Crippen LogP contribution in [-0.4, -0.2) is 7.11 Å². The molecule has 0 radical (unpaired) electrons. The van der Waals surface area contributed by atoms with Crippen molar-refractivity contribution in [1.82, 2.24) is 0 Å².